The SMILES string of the molecule is CCNC(=NCC1(CCO)CCOC1)NCCCC(=O)OCC.I. The minimum absolute atomic E-state index is 0. The summed E-state index contributed by atoms with van der Waals surface area (Å²) in [6.45, 7) is 7.84. The van der Waals surface area contributed by atoms with Crippen molar-refractivity contribution in [3.8, 4) is 0 Å². The molecular formula is C16H32IN3O4. The van der Waals surface area contributed by atoms with Crippen molar-refractivity contribution in [1.29, 1.82) is 0 Å². The number of ether oxygens (including phenoxy) is 2. The van der Waals surface area contributed by atoms with Gasteiger partial charge in [-0.15, -0.1) is 24.0 Å². The van der Waals surface area contributed by atoms with Gasteiger partial charge in [-0.05, 0) is 33.1 Å². The molecule has 3 N–H and O–H groups in total. The molecule has 0 aromatic rings. The van der Waals surface area contributed by atoms with Gasteiger partial charge >= 0.3 is 5.97 Å². The maximum Gasteiger partial charge on any atom is 0.305 e. The molecule has 1 aliphatic rings. The van der Waals surface area contributed by atoms with Crippen LogP contribution in [0.3, 0.4) is 0 Å². The van der Waals surface area contributed by atoms with Gasteiger partial charge in [-0.2, -0.15) is 0 Å². The van der Waals surface area contributed by atoms with Gasteiger partial charge < -0.3 is 25.2 Å². The number of nitrogens with one attached hydrogen (secondary N) is 2. The van der Waals surface area contributed by atoms with Gasteiger partial charge in [-0.1, -0.05) is 0 Å². The van der Waals surface area contributed by atoms with E-state index in [1.807, 2.05) is 6.92 Å². The normalized spacial score (nSPS) is 20.4. The van der Waals surface area contributed by atoms with E-state index in [0.29, 0.717) is 45.6 Å². The Morgan fingerprint density at radius 2 is 2.17 bits per heavy atom. The number of guanidine groups is 1. The lowest BCUT2D eigenvalue weighted by Crippen LogP contribution is -2.39. The predicted octanol–water partition coefficient (Wildman–Crippen LogP) is 1.29. The summed E-state index contributed by atoms with van der Waals surface area (Å²) in [6.07, 6.45) is 2.74. The number of hydrogen-bond donors (Lipinski definition) is 3. The molecule has 7 nitrogen and oxygen atoms in total. The van der Waals surface area contributed by atoms with Gasteiger partial charge in [0.15, 0.2) is 5.96 Å². The first-order chi connectivity index (χ1) is 11.2. The lowest BCUT2D eigenvalue weighted by atomic mass is 9.84. The Bertz CT molecular complexity index is 374. The number of aliphatic imine (C=N–C) groups is 1. The van der Waals surface area contributed by atoms with Crippen molar-refractivity contribution in [2.24, 2.45) is 10.4 Å². The second kappa shape index (κ2) is 13.7. The van der Waals surface area contributed by atoms with Crippen LogP contribution in [0.2, 0.25) is 0 Å². The molecule has 0 amide bonds. The topological polar surface area (TPSA) is 92.2 Å². The number of halogens is 1. The van der Waals surface area contributed by atoms with Crippen LogP contribution in [0.1, 0.15) is 39.5 Å². The smallest absolute Gasteiger partial charge is 0.305 e. The van der Waals surface area contributed by atoms with E-state index in [4.69, 9.17) is 9.47 Å². The van der Waals surface area contributed by atoms with Crippen molar-refractivity contribution in [3.05, 3.63) is 0 Å². The van der Waals surface area contributed by atoms with Gasteiger partial charge in [0.1, 0.15) is 0 Å². The van der Waals surface area contributed by atoms with Crippen LogP contribution < -0.4 is 10.6 Å². The van der Waals surface area contributed by atoms with E-state index >= 15 is 0 Å². The van der Waals surface area contributed by atoms with Crippen LogP contribution in [0.25, 0.3) is 0 Å². The van der Waals surface area contributed by atoms with Crippen LogP contribution >= 0.6 is 24.0 Å². The predicted molar refractivity (Wildman–Crippen MR) is 105 cm³/mol. The molecule has 0 radical (unpaired) electrons. The Hall–Kier alpha value is -0.610. The summed E-state index contributed by atoms with van der Waals surface area (Å²) >= 11 is 0. The van der Waals surface area contributed by atoms with E-state index in [1.54, 1.807) is 6.92 Å². The maximum atomic E-state index is 11.3. The van der Waals surface area contributed by atoms with Gasteiger partial charge in [-0.3, -0.25) is 9.79 Å². The standard InChI is InChI=1S/C16H31N3O4.HI/c1-3-17-15(18-9-5-6-14(21)23-4-2)19-12-16(7-10-20)8-11-22-13-16;/h20H,3-13H2,1-2H3,(H2,17,18,19);1H. The quantitative estimate of drug-likeness (QED) is 0.151. The van der Waals surface area contributed by atoms with Crippen molar-refractivity contribution in [2.75, 3.05) is 46.1 Å². The molecule has 0 saturated carbocycles. The van der Waals surface area contributed by atoms with Gasteiger partial charge in [0, 0.05) is 38.1 Å². The van der Waals surface area contributed by atoms with Crippen LogP contribution in [0.4, 0.5) is 0 Å². The maximum absolute atomic E-state index is 11.3. The molecule has 1 rings (SSSR count). The Morgan fingerprint density at radius 1 is 1.38 bits per heavy atom. The van der Waals surface area contributed by atoms with Gasteiger partial charge in [0.2, 0.25) is 0 Å². The first kappa shape index (κ1) is 23.4. The van der Waals surface area contributed by atoms with Gasteiger partial charge in [0.05, 0.1) is 19.8 Å². The van der Waals surface area contributed by atoms with Gasteiger partial charge in [0.25, 0.3) is 0 Å². The molecule has 1 unspecified atom stereocenters. The third kappa shape index (κ3) is 9.03. The lowest BCUT2D eigenvalue weighted by molar-refractivity contribution is -0.143. The Balaban J connectivity index is 0.00000529. The number of carbonyl (C=O) groups is 1. The molecule has 0 bridgehead atoms. The van der Waals surface area contributed by atoms with Crippen molar-refractivity contribution in [3.63, 3.8) is 0 Å². The molecule has 0 aliphatic carbocycles. The van der Waals surface area contributed by atoms with Crippen molar-refractivity contribution >= 4 is 35.9 Å². The summed E-state index contributed by atoms with van der Waals surface area (Å²) < 4.78 is 10.4. The number of hydrogen-bond acceptors (Lipinski definition) is 5. The average Bonchev–Trinajstić information content (AvgIpc) is 2.98. The first-order valence-corrected chi connectivity index (χ1v) is 8.52. The molecule has 1 heterocycles. The highest BCUT2D eigenvalue weighted by atomic mass is 127. The van der Waals surface area contributed by atoms with Crippen LogP contribution in [0.15, 0.2) is 4.99 Å². The van der Waals surface area contributed by atoms with Crippen molar-refractivity contribution < 1.29 is 19.4 Å². The number of carbonyl (C=O) groups excluding carboxylic acids is 1. The molecular weight excluding hydrogens is 425 g/mol. The van der Waals surface area contributed by atoms with Crippen LogP contribution in [-0.2, 0) is 14.3 Å². The second-order valence-corrected chi connectivity index (χ2v) is 5.81. The zero-order valence-electron chi connectivity index (χ0n) is 14.8. The fourth-order valence-electron chi connectivity index (χ4n) is 2.55. The van der Waals surface area contributed by atoms with E-state index in [-0.39, 0.29) is 42.0 Å². The third-order valence-corrected chi connectivity index (χ3v) is 3.90. The van der Waals surface area contributed by atoms with E-state index in [0.717, 1.165) is 25.5 Å². The Morgan fingerprint density at radius 3 is 2.75 bits per heavy atom. The molecule has 1 saturated heterocycles. The molecule has 0 aromatic heterocycles. The highest BCUT2D eigenvalue weighted by Crippen LogP contribution is 2.32. The highest BCUT2D eigenvalue weighted by Gasteiger charge is 2.34. The fraction of sp³-hybridized carbons (Fsp3) is 0.875. The molecule has 24 heavy (non-hydrogen) atoms. The number of aliphatic hydroxyl groups is 1. The monoisotopic (exact) mass is 457 g/mol. The summed E-state index contributed by atoms with van der Waals surface area (Å²) in [5.41, 5.74) is -0.0535. The zero-order valence-corrected chi connectivity index (χ0v) is 17.1. The van der Waals surface area contributed by atoms with Gasteiger partial charge in [-0.25, -0.2) is 0 Å². The molecule has 0 aromatic carbocycles. The second-order valence-electron chi connectivity index (χ2n) is 5.81. The van der Waals surface area contributed by atoms with E-state index in [2.05, 4.69) is 15.6 Å². The zero-order chi connectivity index (χ0) is 17.0. The average molecular weight is 457 g/mol. The van der Waals surface area contributed by atoms with E-state index in [1.165, 1.54) is 0 Å². The lowest BCUT2D eigenvalue weighted by Gasteiger charge is -2.24. The number of esters is 1. The Kier molecular flexibility index (Phi) is 13.3. The number of rotatable bonds is 10. The first-order valence-electron chi connectivity index (χ1n) is 8.52. The van der Waals surface area contributed by atoms with Crippen molar-refractivity contribution in [1.82, 2.24) is 10.6 Å². The van der Waals surface area contributed by atoms with Crippen LogP contribution in [0.5, 0.6) is 0 Å². The van der Waals surface area contributed by atoms with E-state index in [9.17, 15) is 9.90 Å². The Labute approximate surface area is 162 Å². The molecule has 142 valence electrons. The molecule has 1 fully saturated rings. The summed E-state index contributed by atoms with van der Waals surface area (Å²) in [4.78, 5) is 15.9. The number of aliphatic hydroxyl groups excluding tert-OH is 1. The summed E-state index contributed by atoms with van der Waals surface area (Å²) in [5.74, 6) is 0.571. The molecule has 1 atom stereocenters. The fourth-order valence-corrected chi connectivity index (χ4v) is 2.55. The highest BCUT2D eigenvalue weighted by molar-refractivity contribution is 14.0. The minimum Gasteiger partial charge on any atom is -0.466 e. The van der Waals surface area contributed by atoms with Crippen molar-refractivity contribution in [2.45, 2.75) is 39.5 Å². The summed E-state index contributed by atoms with van der Waals surface area (Å²) in [7, 11) is 0. The van der Waals surface area contributed by atoms with Crippen LogP contribution in [-0.4, -0.2) is 63.1 Å². The van der Waals surface area contributed by atoms with Crippen LogP contribution in [0, 0.1) is 5.41 Å². The minimum atomic E-state index is -0.166. The third-order valence-electron chi connectivity index (χ3n) is 3.90. The molecule has 0 spiro atoms. The van der Waals surface area contributed by atoms with E-state index < -0.39 is 0 Å². The molecule has 1 aliphatic heterocycles. The largest absolute Gasteiger partial charge is 0.466 e. The summed E-state index contributed by atoms with van der Waals surface area (Å²) in [6, 6.07) is 0. The number of nitrogens with zero attached hydrogens (tertiary/aromatic N) is 1. The molecule has 8 heteroatoms. The summed E-state index contributed by atoms with van der Waals surface area (Å²) in [5, 5.41) is 15.7.